The molecule has 1 heterocycles. The predicted molar refractivity (Wildman–Crippen MR) is 88.3 cm³/mol. The highest BCUT2D eigenvalue weighted by Gasteiger charge is 2.18. The molecule has 0 radical (unpaired) electrons. The Morgan fingerprint density at radius 2 is 1.91 bits per heavy atom. The van der Waals surface area contributed by atoms with Crippen LogP contribution >= 0.6 is 12.4 Å². The molecule has 22 heavy (non-hydrogen) atoms. The molecule has 2 rings (SSSR count). The summed E-state index contributed by atoms with van der Waals surface area (Å²) in [5, 5.41) is 0. The third kappa shape index (κ3) is 5.50. The van der Waals surface area contributed by atoms with Crippen LogP contribution in [0, 0.1) is 11.7 Å². The summed E-state index contributed by atoms with van der Waals surface area (Å²) in [6.07, 6.45) is 3.16. The van der Waals surface area contributed by atoms with Crippen LogP contribution in [0.1, 0.15) is 26.2 Å². The zero-order valence-electron chi connectivity index (χ0n) is 12.8. The van der Waals surface area contributed by atoms with Crippen LogP contribution in [-0.4, -0.2) is 39.5 Å². The minimum Gasteiger partial charge on any atom is -0.303 e. The summed E-state index contributed by atoms with van der Waals surface area (Å²) in [4.78, 5) is 2.08. The third-order valence-corrected chi connectivity index (χ3v) is 5.44. The fourth-order valence-corrected chi connectivity index (χ4v) is 3.69. The summed E-state index contributed by atoms with van der Waals surface area (Å²) in [6.45, 7) is 5.65. The molecule has 1 N–H and O–H groups in total. The van der Waals surface area contributed by atoms with Crippen molar-refractivity contribution in [2.45, 2.75) is 31.1 Å². The van der Waals surface area contributed by atoms with Gasteiger partial charge in [-0.3, -0.25) is 0 Å². The Morgan fingerprint density at radius 1 is 1.27 bits per heavy atom. The summed E-state index contributed by atoms with van der Waals surface area (Å²) in [5.41, 5.74) is 0. The van der Waals surface area contributed by atoms with Crippen LogP contribution in [0.15, 0.2) is 29.2 Å². The van der Waals surface area contributed by atoms with Gasteiger partial charge in [-0.2, -0.15) is 0 Å². The van der Waals surface area contributed by atoms with E-state index in [9.17, 15) is 12.8 Å². The molecule has 7 heteroatoms. The van der Waals surface area contributed by atoms with Gasteiger partial charge in [-0.1, -0.05) is 19.1 Å². The first kappa shape index (κ1) is 19.4. The zero-order chi connectivity index (χ0) is 15.3. The van der Waals surface area contributed by atoms with Crippen molar-refractivity contribution in [3.63, 3.8) is 0 Å². The van der Waals surface area contributed by atoms with Crippen LogP contribution in [0.2, 0.25) is 0 Å². The molecule has 0 bridgehead atoms. The molecule has 0 amide bonds. The number of sulfonamides is 1. The molecule has 1 aliphatic heterocycles. The Bertz CT molecular complexity index is 560. The Labute approximate surface area is 138 Å². The second-order valence-electron chi connectivity index (χ2n) is 5.71. The first-order chi connectivity index (χ1) is 9.99. The molecule has 0 saturated carbocycles. The van der Waals surface area contributed by atoms with Crippen molar-refractivity contribution in [2.24, 2.45) is 5.92 Å². The molecule has 1 saturated heterocycles. The summed E-state index contributed by atoms with van der Waals surface area (Å²) in [6, 6.07) is 5.44. The van der Waals surface area contributed by atoms with Gasteiger partial charge in [0.2, 0.25) is 10.0 Å². The highest BCUT2D eigenvalue weighted by molar-refractivity contribution is 7.89. The maximum Gasteiger partial charge on any atom is 0.243 e. The van der Waals surface area contributed by atoms with E-state index < -0.39 is 15.8 Å². The summed E-state index contributed by atoms with van der Waals surface area (Å²) < 4.78 is 39.9. The van der Waals surface area contributed by atoms with Crippen LogP contribution in [-0.2, 0) is 10.0 Å². The predicted octanol–water partition coefficient (Wildman–Crippen LogP) is 2.65. The summed E-state index contributed by atoms with van der Waals surface area (Å²) in [5.74, 6) is 0.0795. The first-order valence-corrected chi connectivity index (χ1v) is 8.94. The van der Waals surface area contributed by atoms with Gasteiger partial charge in [0, 0.05) is 6.54 Å². The van der Waals surface area contributed by atoms with Crippen molar-refractivity contribution >= 4 is 22.4 Å². The Balaban J connectivity index is 0.00000242. The summed E-state index contributed by atoms with van der Waals surface area (Å²) in [7, 11) is -3.75. The molecule has 4 nitrogen and oxygen atoms in total. The van der Waals surface area contributed by atoms with E-state index in [-0.39, 0.29) is 17.3 Å². The van der Waals surface area contributed by atoms with Gasteiger partial charge >= 0.3 is 0 Å². The molecule has 1 fully saturated rings. The lowest BCUT2D eigenvalue weighted by Gasteiger charge is -2.30. The molecule has 0 unspecified atom stereocenters. The second-order valence-corrected chi connectivity index (χ2v) is 7.44. The first-order valence-electron chi connectivity index (χ1n) is 7.45. The number of hydrogen-bond donors (Lipinski definition) is 1. The van der Waals surface area contributed by atoms with E-state index in [4.69, 9.17) is 0 Å². The van der Waals surface area contributed by atoms with Gasteiger partial charge in [0.15, 0.2) is 0 Å². The minimum absolute atomic E-state index is 0. The van der Waals surface area contributed by atoms with E-state index in [1.807, 2.05) is 0 Å². The van der Waals surface area contributed by atoms with Crippen LogP contribution < -0.4 is 4.72 Å². The van der Waals surface area contributed by atoms with E-state index in [1.54, 1.807) is 0 Å². The molecular weight excluding hydrogens is 327 g/mol. The average molecular weight is 351 g/mol. The van der Waals surface area contributed by atoms with Gasteiger partial charge in [-0.05, 0) is 56.9 Å². The van der Waals surface area contributed by atoms with Gasteiger partial charge in [-0.25, -0.2) is 17.5 Å². The van der Waals surface area contributed by atoms with Crippen molar-refractivity contribution in [3.8, 4) is 0 Å². The van der Waals surface area contributed by atoms with Crippen LogP contribution in [0.25, 0.3) is 0 Å². The van der Waals surface area contributed by atoms with Crippen molar-refractivity contribution in [2.75, 3.05) is 26.2 Å². The maximum atomic E-state index is 13.5. The topological polar surface area (TPSA) is 49.4 Å². The number of rotatable bonds is 6. The van der Waals surface area contributed by atoms with Crippen LogP contribution in [0.5, 0.6) is 0 Å². The molecule has 0 aliphatic carbocycles. The van der Waals surface area contributed by atoms with Crippen LogP contribution in [0.4, 0.5) is 4.39 Å². The number of likely N-dealkylation sites (tertiary alicyclic amines) is 1. The van der Waals surface area contributed by atoms with E-state index >= 15 is 0 Å². The lowest BCUT2D eigenvalue weighted by molar-refractivity contribution is 0.191. The average Bonchev–Trinajstić information content (AvgIpc) is 2.46. The molecule has 0 spiro atoms. The lowest BCUT2D eigenvalue weighted by Crippen LogP contribution is -2.35. The Morgan fingerprint density at radius 3 is 2.55 bits per heavy atom. The SMILES string of the molecule is CC1CCN(CCCNS(=O)(=O)c2ccccc2F)CC1.Cl. The van der Waals surface area contributed by atoms with Crippen molar-refractivity contribution in [3.05, 3.63) is 30.1 Å². The highest BCUT2D eigenvalue weighted by atomic mass is 35.5. The molecule has 0 atom stereocenters. The standard InChI is InChI=1S/C15H23FN2O2S.ClH/c1-13-7-11-18(12-8-13)10-4-9-17-21(19,20)15-6-3-2-5-14(15)16;/h2-3,5-6,13,17H,4,7-12H2,1H3;1H. The maximum absolute atomic E-state index is 13.5. The number of piperidine rings is 1. The smallest absolute Gasteiger partial charge is 0.243 e. The van der Waals surface area contributed by atoms with Gasteiger partial charge in [0.25, 0.3) is 0 Å². The number of hydrogen-bond acceptors (Lipinski definition) is 3. The number of nitrogens with zero attached hydrogens (tertiary/aromatic N) is 1. The number of halogens is 2. The van der Waals surface area contributed by atoms with E-state index in [1.165, 1.54) is 31.0 Å². The van der Waals surface area contributed by atoms with E-state index in [0.717, 1.165) is 38.0 Å². The normalized spacial score (nSPS) is 17.2. The lowest BCUT2D eigenvalue weighted by atomic mass is 9.99. The van der Waals surface area contributed by atoms with Crippen LogP contribution in [0.3, 0.4) is 0 Å². The number of nitrogens with one attached hydrogen (secondary N) is 1. The molecule has 126 valence electrons. The van der Waals surface area contributed by atoms with Crippen molar-refractivity contribution in [1.82, 2.24) is 9.62 Å². The Hall–Kier alpha value is -0.690. The minimum atomic E-state index is -3.75. The quantitative estimate of drug-likeness (QED) is 0.802. The third-order valence-electron chi connectivity index (χ3n) is 3.95. The molecule has 1 aromatic carbocycles. The summed E-state index contributed by atoms with van der Waals surface area (Å²) >= 11 is 0. The van der Waals surface area contributed by atoms with Gasteiger partial charge in [0.05, 0.1) is 0 Å². The van der Waals surface area contributed by atoms with E-state index in [0.29, 0.717) is 6.54 Å². The van der Waals surface area contributed by atoms with E-state index in [2.05, 4.69) is 16.5 Å². The molecular formula is C15H24ClFN2O2S. The largest absolute Gasteiger partial charge is 0.303 e. The molecule has 0 aromatic heterocycles. The highest BCUT2D eigenvalue weighted by Crippen LogP contribution is 2.16. The van der Waals surface area contributed by atoms with Gasteiger partial charge in [0.1, 0.15) is 10.7 Å². The fraction of sp³-hybridized carbons (Fsp3) is 0.600. The second kappa shape index (κ2) is 8.82. The Kier molecular flexibility index (Phi) is 7.76. The van der Waals surface area contributed by atoms with Crippen molar-refractivity contribution < 1.29 is 12.8 Å². The molecule has 1 aliphatic rings. The van der Waals surface area contributed by atoms with Gasteiger partial charge in [-0.15, -0.1) is 12.4 Å². The monoisotopic (exact) mass is 350 g/mol. The van der Waals surface area contributed by atoms with Gasteiger partial charge < -0.3 is 4.90 Å². The zero-order valence-corrected chi connectivity index (χ0v) is 14.4. The van der Waals surface area contributed by atoms with Crippen molar-refractivity contribution in [1.29, 1.82) is 0 Å². The fourth-order valence-electron chi connectivity index (χ4n) is 2.54. The number of benzene rings is 1. The molecule has 1 aromatic rings.